The maximum Gasteiger partial charge on any atom is 0.255 e. The van der Waals surface area contributed by atoms with Crippen LogP contribution in [0.15, 0.2) is 73.2 Å². The third-order valence-electron chi connectivity index (χ3n) is 5.52. The molecule has 0 saturated carbocycles. The van der Waals surface area contributed by atoms with Gasteiger partial charge in [-0.25, -0.2) is 14.4 Å². The third kappa shape index (κ3) is 4.90. The maximum absolute atomic E-state index is 14.0. The van der Waals surface area contributed by atoms with Gasteiger partial charge in [0.2, 0.25) is 0 Å². The zero-order valence-corrected chi connectivity index (χ0v) is 20.5. The Balaban J connectivity index is 1.28. The third-order valence-corrected chi connectivity index (χ3v) is 6.45. The van der Waals surface area contributed by atoms with Crippen LogP contribution >= 0.6 is 11.3 Å². The van der Waals surface area contributed by atoms with E-state index in [0.717, 1.165) is 28.5 Å². The molecule has 0 unspecified atom stereocenters. The van der Waals surface area contributed by atoms with Crippen LogP contribution in [0, 0.1) is 5.82 Å². The van der Waals surface area contributed by atoms with E-state index >= 15 is 0 Å². The van der Waals surface area contributed by atoms with Gasteiger partial charge in [-0.2, -0.15) is 0 Å². The number of nitrogen functional groups attached to an aromatic ring is 1. The number of hydrogen-bond donors (Lipinski definition) is 3. The van der Waals surface area contributed by atoms with Gasteiger partial charge in [0.1, 0.15) is 17.2 Å². The first kappa shape index (κ1) is 23.5. The molecule has 1 amide bonds. The van der Waals surface area contributed by atoms with Gasteiger partial charge in [0.15, 0.2) is 5.13 Å². The normalized spacial score (nSPS) is 11.2. The molecular weight excluding hydrogens is 477 g/mol. The number of rotatable bonds is 7. The number of amides is 1. The number of imidazole rings is 1. The Morgan fingerprint density at radius 1 is 1.11 bits per heavy atom. The summed E-state index contributed by atoms with van der Waals surface area (Å²) in [5.74, 6) is -1.03. The smallest absolute Gasteiger partial charge is 0.255 e. The number of benzene rings is 2. The number of para-hydroxylation sites is 1. The van der Waals surface area contributed by atoms with Crippen LogP contribution in [0.5, 0.6) is 0 Å². The summed E-state index contributed by atoms with van der Waals surface area (Å²) in [7, 11) is 4.08. The Morgan fingerprint density at radius 2 is 1.92 bits per heavy atom. The number of nitrogens with one attached hydrogen (secondary N) is 2. The molecule has 3 aromatic heterocycles. The zero-order valence-electron chi connectivity index (χ0n) is 19.7. The molecule has 5 rings (SSSR count). The first-order valence-corrected chi connectivity index (χ1v) is 12.0. The summed E-state index contributed by atoms with van der Waals surface area (Å²) in [4.78, 5) is 24.7. The van der Waals surface area contributed by atoms with Crippen LogP contribution in [0.1, 0.15) is 15.9 Å². The second-order valence-electron chi connectivity index (χ2n) is 8.53. The Labute approximate surface area is 211 Å². The predicted octanol–water partition coefficient (Wildman–Crippen LogP) is 5.24. The number of pyridine rings is 1. The largest absolute Gasteiger partial charge is 0.397 e. The number of carbonyl (C=O) groups excluding carboxylic acids is 1. The van der Waals surface area contributed by atoms with Gasteiger partial charge in [-0.1, -0.05) is 17.4 Å². The fourth-order valence-corrected chi connectivity index (χ4v) is 4.65. The number of thiazole rings is 1. The van der Waals surface area contributed by atoms with E-state index in [-0.39, 0.29) is 11.4 Å². The number of aromatic nitrogens is 3. The Morgan fingerprint density at radius 3 is 2.67 bits per heavy atom. The molecule has 5 aromatic rings. The summed E-state index contributed by atoms with van der Waals surface area (Å²) in [5, 5.41) is 6.50. The molecule has 2 aromatic carbocycles. The highest BCUT2D eigenvalue weighted by molar-refractivity contribution is 7.18. The van der Waals surface area contributed by atoms with Crippen LogP contribution in [0.2, 0.25) is 0 Å². The summed E-state index contributed by atoms with van der Waals surface area (Å²) < 4.78 is 16.0. The highest BCUT2D eigenvalue weighted by Gasteiger charge is 2.13. The van der Waals surface area contributed by atoms with Gasteiger partial charge in [-0.15, -0.1) is 0 Å². The lowest BCUT2D eigenvalue weighted by Gasteiger charge is -2.10. The molecule has 8 nitrogen and oxygen atoms in total. The fraction of sp³-hybridized carbons (Fsp3) is 0.115. The van der Waals surface area contributed by atoms with Gasteiger partial charge in [0.25, 0.3) is 5.91 Å². The van der Waals surface area contributed by atoms with Crippen molar-refractivity contribution in [2.75, 3.05) is 30.5 Å². The molecule has 0 radical (unpaired) electrons. The topological polar surface area (TPSA) is 101 Å². The first-order chi connectivity index (χ1) is 17.4. The lowest BCUT2D eigenvalue weighted by molar-refractivity contribution is 0.102. The quantitative estimate of drug-likeness (QED) is 0.264. The summed E-state index contributed by atoms with van der Waals surface area (Å²) in [6, 6.07) is 15.3. The Hall–Kier alpha value is -4.28. The molecule has 36 heavy (non-hydrogen) atoms. The number of nitrogens with two attached hydrogens (primary N) is 1. The number of hydrogen-bond acceptors (Lipinski definition) is 7. The molecule has 0 aliphatic rings. The number of nitrogens with zero attached hydrogens (tertiary/aromatic N) is 4. The summed E-state index contributed by atoms with van der Waals surface area (Å²) in [5.41, 5.74) is 10.1. The van der Waals surface area contributed by atoms with Crippen LogP contribution in [0.25, 0.3) is 16.2 Å². The van der Waals surface area contributed by atoms with Gasteiger partial charge in [0, 0.05) is 30.2 Å². The Kier molecular flexibility index (Phi) is 6.36. The first-order valence-electron chi connectivity index (χ1n) is 11.2. The van der Waals surface area contributed by atoms with Crippen molar-refractivity contribution in [1.82, 2.24) is 19.3 Å². The van der Waals surface area contributed by atoms with E-state index in [1.165, 1.54) is 35.1 Å². The van der Waals surface area contributed by atoms with Gasteiger partial charge in [-0.05, 0) is 68.2 Å². The van der Waals surface area contributed by atoms with E-state index in [2.05, 4.69) is 37.6 Å². The monoisotopic (exact) mass is 501 g/mol. The van der Waals surface area contributed by atoms with Crippen LogP contribution in [-0.2, 0) is 6.54 Å². The number of carbonyl (C=O) groups is 1. The molecule has 0 fully saturated rings. The Bertz CT molecular complexity index is 1520. The van der Waals surface area contributed by atoms with Crippen molar-refractivity contribution < 1.29 is 9.18 Å². The molecule has 0 atom stereocenters. The summed E-state index contributed by atoms with van der Waals surface area (Å²) in [6.07, 6.45) is 5.69. The van der Waals surface area contributed by atoms with E-state index in [1.54, 1.807) is 24.3 Å². The molecule has 0 bridgehead atoms. The SMILES string of the molecule is CN(C)Cc1ccn2c(-c3cnc(Nc4ccc(C(=O)Nc5c(N)cccc5F)cc4)s3)cnc2c1. The van der Waals surface area contributed by atoms with E-state index in [9.17, 15) is 9.18 Å². The minimum absolute atomic E-state index is 0.0265. The van der Waals surface area contributed by atoms with Crippen molar-refractivity contribution in [2.45, 2.75) is 6.54 Å². The van der Waals surface area contributed by atoms with Crippen molar-refractivity contribution in [1.29, 1.82) is 0 Å². The number of halogens is 1. The lowest BCUT2D eigenvalue weighted by atomic mass is 10.2. The molecule has 0 saturated heterocycles. The average Bonchev–Trinajstić information content (AvgIpc) is 3.48. The summed E-state index contributed by atoms with van der Waals surface area (Å²) >= 11 is 1.50. The van der Waals surface area contributed by atoms with E-state index in [1.807, 2.05) is 37.1 Å². The van der Waals surface area contributed by atoms with Gasteiger partial charge < -0.3 is 21.3 Å². The molecule has 182 valence electrons. The molecule has 0 spiro atoms. The van der Waals surface area contributed by atoms with Crippen molar-refractivity contribution in [3.05, 3.63) is 90.1 Å². The standard InChI is InChI=1S/C26H24FN7OS/c1-33(2)15-16-10-11-34-21(13-29-23(34)12-16)22-14-30-26(36-22)31-18-8-6-17(7-9-18)25(35)32-24-19(27)4-3-5-20(24)28/h3-14H,15,28H2,1-2H3,(H,30,31)(H,32,35). The molecule has 0 aliphatic carbocycles. The maximum atomic E-state index is 14.0. The van der Waals surface area contributed by atoms with Crippen molar-refractivity contribution in [3.63, 3.8) is 0 Å². The van der Waals surface area contributed by atoms with Crippen molar-refractivity contribution >= 4 is 45.1 Å². The summed E-state index contributed by atoms with van der Waals surface area (Å²) in [6.45, 7) is 0.852. The van der Waals surface area contributed by atoms with Gasteiger partial charge in [-0.3, -0.25) is 9.20 Å². The molecule has 3 heterocycles. The van der Waals surface area contributed by atoms with Gasteiger partial charge >= 0.3 is 0 Å². The minimum atomic E-state index is -0.582. The zero-order chi connectivity index (χ0) is 25.2. The van der Waals surface area contributed by atoms with E-state index < -0.39 is 11.7 Å². The highest BCUT2D eigenvalue weighted by Crippen LogP contribution is 2.31. The minimum Gasteiger partial charge on any atom is -0.397 e. The van der Waals surface area contributed by atoms with Crippen LogP contribution in [0.4, 0.5) is 26.6 Å². The van der Waals surface area contributed by atoms with Crippen molar-refractivity contribution in [2.24, 2.45) is 0 Å². The molecular formula is C26H24FN7OS. The van der Waals surface area contributed by atoms with Crippen LogP contribution < -0.4 is 16.4 Å². The number of anilines is 4. The second-order valence-corrected chi connectivity index (χ2v) is 9.57. The number of fused-ring (bicyclic) bond motifs is 1. The second kappa shape index (κ2) is 9.76. The molecule has 10 heteroatoms. The predicted molar refractivity (Wildman–Crippen MR) is 142 cm³/mol. The van der Waals surface area contributed by atoms with Crippen LogP contribution in [0.3, 0.4) is 0 Å². The van der Waals surface area contributed by atoms with E-state index in [0.29, 0.717) is 10.7 Å². The van der Waals surface area contributed by atoms with Crippen LogP contribution in [-0.4, -0.2) is 39.3 Å². The van der Waals surface area contributed by atoms with Gasteiger partial charge in [0.05, 0.1) is 22.5 Å². The van der Waals surface area contributed by atoms with Crippen molar-refractivity contribution in [3.8, 4) is 10.6 Å². The van der Waals surface area contributed by atoms with E-state index in [4.69, 9.17) is 5.73 Å². The fourth-order valence-electron chi connectivity index (χ4n) is 3.81. The average molecular weight is 502 g/mol. The molecule has 4 N–H and O–H groups in total. The molecule has 0 aliphatic heterocycles. The lowest BCUT2D eigenvalue weighted by Crippen LogP contribution is -2.14. The highest BCUT2D eigenvalue weighted by atomic mass is 32.1.